The van der Waals surface area contributed by atoms with Crippen LogP contribution >= 0.6 is 0 Å². The molecule has 3 aromatic carbocycles. The van der Waals surface area contributed by atoms with Crippen LogP contribution in [0.4, 0.5) is 11.4 Å². The molecule has 0 heterocycles. The van der Waals surface area contributed by atoms with Gasteiger partial charge in [0, 0.05) is 17.3 Å². The lowest BCUT2D eigenvalue weighted by Gasteiger charge is -2.09. The smallest absolute Gasteiger partial charge is 0.311 e. The van der Waals surface area contributed by atoms with Gasteiger partial charge in [-0.1, -0.05) is 30.3 Å². The van der Waals surface area contributed by atoms with Crippen LogP contribution in [0.1, 0.15) is 22.8 Å². The molecular weight excluding hydrogens is 372 g/mol. The number of hydrogen-bond donors (Lipinski definition) is 1. The second-order valence-electron chi connectivity index (χ2n) is 6.13. The first-order chi connectivity index (χ1) is 14.1. The molecular formula is C22H20N2O5. The maximum atomic E-state index is 12.4. The van der Waals surface area contributed by atoms with Gasteiger partial charge in [-0.15, -0.1) is 0 Å². The van der Waals surface area contributed by atoms with Crippen molar-refractivity contribution in [1.29, 1.82) is 0 Å². The van der Waals surface area contributed by atoms with E-state index in [2.05, 4.69) is 5.32 Å². The molecule has 3 aromatic rings. The summed E-state index contributed by atoms with van der Waals surface area (Å²) in [6.45, 7) is 2.48. The van der Waals surface area contributed by atoms with Crippen LogP contribution in [0.25, 0.3) is 0 Å². The zero-order valence-electron chi connectivity index (χ0n) is 15.8. The molecule has 3 rings (SSSR count). The Bertz CT molecular complexity index is 988. The number of ether oxygens (including phenoxy) is 2. The van der Waals surface area contributed by atoms with Crippen LogP contribution in [0, 0.1) is 10.1 Å². The summed E-state index contributed by atoms with van der Waals surface area (Å²) in [5, 5.41) is 13.9. The predicted molar refractivity (Wildman–Crippen MR) is 109 cm³/mol. The van der Waals surface area contributed by atoms with E-state index in [0.29, 0.717) is 24.7 Å². The third-order valence-electron chi connectivity index (χ3n) is 4.08. The number of hydrogen-bond acceptors (Lipinski definition) is 5. The topological polar surface area (TPSA) is 90.7 Å². The molecule has 0 aliphatic carbocycles. The van der Waals surface area contributed by atoms with Gasteiger partial charge in [-0.3, -0.25) is 14.9 Å². The van der Waals surface area contributed by atoms with Gasteiger partial charge < -0.3 is 14.8 Å². The van der Waals surface area contributed by atoms with Crippen LogP contribution in [0.2, 0.25) is 0 Å². The second kappa shape index (κ2) is 9.36. The summed E-state index contributed by atoms with van der Waals surface area (Å²) in [5.74, 6) is 0.353. The highest BCUT2D eigenvalue weighted by atomic mass is 16.6. The molecule has 0 aromatic heterocycles. The molecule has 0 atom stereocenters. The van der Waals surface area contributed by atoms with Crippen molar-refractivity contribution in [2.24, 2.45) is 0 Å². The number of nitro benzene ring substituents is 1. The molecule has 148 valence electrons. The quantitative estimate of drug-likeness (QED) is 0.438. The van der Waals surface area contributed by atoms with Crippen LogP contribution in [-0.4, -0.2) is 17.4 Å². The molecule has 7 nitrogen and oxygen atoms in total. The summed E-state index contributed by atoms with van der Waals surface area (Å²) in [7, 11) is 0. The maximum absolute atomic E-state index is 12.4. The van der Waals surface area contributed by atoms with Crippen LogP contribution < -0.4 is 14.8 Å². The molecule has 1 N–H and O–H groups in total. The van der Waals surface area contributed by atoms with Gasteiger partial charge in [0.05, 0.1) is 11.5 Å². The molecule has 0 bridgehead atoms. The molecule has 0 aliphatic heterocycles. The van der Waals surface area contributed by atoms with E-state index in [-0.39, 0.29) is 17.0 Å². The number of amides is 1. The Balaban J connectivity index is 1.64. The SMILES string of the molecule is CCOc1ccc(C(=O)Nc2ccc(OCc3ccccc3)cc2)cc1[N+](=O)[O-]. The largest absolute Gasteiger partial charge is 0.489 e. The Morgan fingerprint density at radius 1 is 1.00 bits per heavy atom. The van der Waals surface area contributed by atoms with Crippen LogP contribution in [0.5, 0.6) is 11.5 Å². The van der Waals surface area contributed by atoms with Gasteiger partial charge >= 0.3 is 5.69 Å². The first-order valence-electron chi connectivity index (χ1n) is 9.06. The van der Waals surface area contributed by atoms with Crippen LogP contribution in [0.15, 0.2) is 72.8 Å². The number of rotatable bonds is 8. The average Bonchev–Trinajstić information content (AvgIpc) is 2.74. The van der Waals surface area contributed by atoms with Crippen LogP contribution in [-0.2, 0) is 6.61 Å². The third kappa shape index (κ3) is 5.32. The summed E-state index contributed by atoms with van der Waals surface area (Å²) in [4.78, 5) is 23.1. The van der Waals surface area contributed by atoms with Crippen molar-refractivity contribution >= 4 is 17.3 Å². The standard InChI is InChI=1S/C22H20N2O5/c1-2-28-21-13-8-17(14-20(21)24(26)27)22(25)23-18-9-11-19(12-10-18)29-15-16-6-4-3-5-7-16/h3-14H,2,15H2,1H3,(H,23,25). The summed E-state index contributed by atoms with van der Waals surface area (Å²) in [5.41, 5.74) is 1.54. The van der Waals surface area contributed by atoms with Crippen molar-refractivity contribution in [3.8, 4) is 11.5 Å². The lowest BCUT2D eigenvalue weighted by molar-refractivity contribution is -0.385. The summed E-state index contributed by atoms with van der Waals surface area (Å²) < 4.78 is 10.9. The van der Waals surface area contributed by atoms with Gasteiger partial charge in [0.1, 0.15) is 12.4 Å². The monoisotopic (exact) mass is 392 g/mol. The fourth-order valence-corrected chi connectivity index (χ4v) is 2.66. The second-order valence-corrected chi connectivity index (χ2v) is 6.13. The number of anilines is 1. The molecule has 0 aliphatic rings. The Kier molecular flexibility index (Phi) is 6.42. The van der Waals surface area contributed by atoms with Crippen molar-refractivity contribution in [3.05, 3.63) is 94.0 Å². The number of benzene rings is 3. The fourth-order valence-electron chi connectivity index (χ4n) is 2.66. The minimum atomic E-state index is -0.569. The summed E-state index contributed by atoms with van der Waals surface area (Å²) in [6.07, 6.45) is 0. The van der Waals surface area contributed by atoms with Crippen molar-refractivity contribution in [1.82, 2.24) is 0 Å². The Hall–Kier alpha value is -3.87. The molecule has 29 heavy (non-hydrogen) atoms. The summed E-state index contributed by atoms with van der Waals surface area (Å²) >= 11 is 0. The van der Waals surface area contributed by atoms with Gasteiger partial charge in [0.15, 0.2) is 5.75 Å². The number of nitrogens with one attached hydrogen (secondary N) is 1. The molecule has 0 unspecified atom stereocenters. The molecule has 7 heteroatoms. The van der Waals surface area contributed by atoms with Crippen molar-refractivity contribution in [3.63, 3.8) is 0 Å². The lowest BCUT2D eigenvalue weighted by atomic mass is 10.1. The third-order valence-corrected chi connectivity index (χ3v) is 4.08. The Labute approximate surface area is 168 Å². The molecule has 1 amide bonds. The van der Waals surface area contributed by atoms with Gasteiger partial charge in [-0.05, 0) is 48.9 Å². The maximum Gasteiger partial charge on any atom is 0.311 e. The van der Waals surface area contributed by atoms with E-state index in [4.69, 9.17) is 9.47 Å². The molecule has 0 spiro atoms. The zero-order valence-corrected chi connectivity index (χ0v) is 15.8. The molecule has 0 fully saturated rings. The van der Waals surface area contributed by atoms with Crippen molar-refractivity contribution in [2.75, 3.05) is 11.9 Å². The average molecular weight is 392 g/mol. The van der Waals surface area contributed by atoms with E-state index in [1.54, 1.807) is 31.2 Å². The van der Waals surface area contributed by atoms with E-state index in [1.807, 2.05) is 30.3 Å². The van der Waals surface area contributed by atoms with E-state index >= 15 is 0 Å². The Morgan fingerprint density at radius 2 is 1.72 bits per heavy atom. The minimum Gasteiger partial charge on any atom is -0.489 e. The first kappa shape index (κ1) is 19.9. The number of nitro groups is 1. The zero-order chi connectivity index (χ0) is 20.6. The highest BCUT2D eigenvalue weighted by Gasteiger charge is 2.18. The summed E-state index contributed by atoms with van der Waals surface area (Å²) in [6, 6.07) is 20.8. The van der Waals surface area contributed by atoms with E-state index in [1.165, 1.54) is 18.2 Å². The lowest BCUT2D eigenvalue weighted by Crippen LogP contribution is -2.12. The number of carbonyl (C=O) groups excluding carboxylic acids is 1. The van der Waals surface area contributed by atoms with Gasteiger partial charge in [0.25, 0.3) is 5.91 Å². The predicted octanol–water partition coefficient (Wildman–Crippen LogP) is 4.82. The van der Waals surface area contributed by atoms with Crippen LogP contribution in [0.3, 0.4) is 0 Å². The van der Waals surface area contributed by atoms with Gasteiger partial charge in [0.2, 0.25) is 0 Å². The minimum absolute atomic E-state index is 0.133. The molecule has 0 saturated carbocycles. The van der Waals surface area contributed by atoms with Gasteiger partial charge in [-0.2, -0.15) is 0 Å². The highest BCUT2D eigenvalue weighted by Crippen LogP contribution is 2.28. The molecule has 0 saturated heterocycles. The van der Waals surface area contributed by atoms with E-state index in [9.17, 15) is 14.9 Å². The van der Waals surface area contributed by atoms with Crippen molar-refractivity contribution in [2.45, 2.75) is 13.5 Å². The highest BCUT2D eigenvalue weighted by molar-refractivity contribution is 6.04. The van der Waals surface area contributed by atoms with Crippen molar-refractivity contribution < 1.29 is 19.2 Å². The number of nitrogens with zero attached hydrogens (tertiary/aromatic N) is 1. The number of carbonyl (C=O) groups is 1. The van der Waals surface area contributed by atoms with Gasteiger partial charge in [-0.25, -0.2) is 0 Å². The van der Waals surface area contributed by atoms with E-state index in [0.717, 1.165) is 5.56 Å². The first-order valence-corrected chi connectivity index (χ1v) is 9.06. The fraction of sp³-hybridized carbons (Fsp3) is 0.136. The normalized spacial score (nSPS) is 10.2. The molecule has 0 radical (unpaired) electrons. The van der Waals surface area contributed by atoms with E-state index < -0.39 is 10.8 Å². The Morgan fingerprint density at radius 3 is 2.38 bits per heavy atom.